The monoisotopic (exact) mass is 265 g/mol. The van der Waals surface area contributed by atoms with Gasteiger partial charge in [0.15, 0.2) is 0 Å². The summed E-state index contributed by atoms with van der Waals surface area (Å²) in [5.41, 5.74) is 5.76. The van der Waals surface area contributed by atoms with Gasteiger partial charge in [-0.15, -0.1) is 0 Å². The average Bonchev–Trinajstić information content (AvgIpc) is 2.38. The van der Waals surface area contributed by atoms with Crippen molar-refractivity contribution in [2.24, 2.45) is 0 Å². The van der Waals surface area contributed by atoms with Crippen LogP contribution in [0.5, 0.6) is 0 Å². The van der Waals surface area contributed by atoms with Crippen molar-refractivity contribution in [1.82, 2.24) is 19.9 Å². The van der Waals surface area contributed by atoms with Crippen molar-refractivity contribution < 1.29 is 0 Å². The predicted molar refractivity (Wildman–Crippen MR) is 77.5 cm³/mol. The number of nitrogens with two attached hydrogens (primary N) is 1. The molecule has 106 valence electrons. The third kappa shape index (κ3) is 3.23. The van der Waals surface area contributed by atoms with Gasteiger partial charge in [0, 0.05) is 33.2 Å². The Balaban J connectivity index is 2.11. The number of aromatic nitrogens is 3. The number of nitrogens with zero attached hydrogens (tertiary/aromatic N) is 6. The summed E-state index contributed by atoms with van der Waals surface area (Å²) in [7, 11) is 8.06. The first-order valence-corrected chi connectivity index (χ1v) is 6.57. The van der Waals surface area contributed by atoms with Crippen molar-refractivity contribution in [2.75, 3.05) is 56.8 Å². The molecule has 0 unspecified atom stereocenters. The highest BCUT2D eigenvalue weighted by Crippen LogP contribution is 2.20. The molecule has 0 aromatic carbocycles. The fourth-order valence-electron chi connectivity index (χ4n) is 2.29. The van der Waals surface area contributed by atoms with E-state index in [4.69, 9.17) is 5.73 Å². The zero-order chi connectivity index (χ0) is 14.0. The molecule has 2 rings (SSSR count). The molecule has 19 heavy (non-hydrogen) atoms. The number of piperidine rings is 1. The lowest BCUT2D eigenvalue weighted by atomic mass is 10.0. The summed E-state index contributed by atoms with van der Waals surface area (Å²) in [6.07, 6.45) is 2.24. The van der Waals surface area contributed by atoms with Crippen LogP contribution >= 0.6 is 0 Å². The Hall–Kier alpha value is -1.63. The zero-order valence-corrected chi connectivity index (χ0v) is 12.2. The molecule has 2 N–H and O–H groups in total. The first kappa shape index (κ1) is 13.8. The summed E-state index contributed by atoms with van der Waals surface area (Å²) >= 11 is 0. The Morgan fingerprint density at radius 3 is 2.21 bits per heavy atom. The molecule has 7 heteroatoms. The predicted octanol–water partition coefficient (Wildman–Crippen LogP) is 0.0502. The lowest BCUT2D eigenvalue weighted by Crippen LogP contribution is -2.42. The van der Waals surface area contributed by atoms with Gasteiger partial charge in [0.05, 0.1) is 0 Å². The van der Waals surface area contributed by atoms with E-state index in [1.54, 1.807) is 0 Å². The first-order chi connectivity index (χ1) is 8.97. The normalized spacial score (nSPS) is 17.0. The van der Waals surface area contributed by atoms with Gasteiger partial charge < -0.3 is 20.4 Å². The van der Waals surface area contributed by atoms with Crippen molar-refractivity contribution in [2.45, 2.75) is 18.9 Å². The molecule has 0 amide bonds. The SMILES string of the molecule is CN(C)c1nc(N)nc(N2CCC(N(C)C)CC2)n1. The van der Waals surface area contributed by atoms with E-state index in [2.05, 4.69) is 38.8 Å². The lowest BCUT2D eigenvalue weighted by molar-refractivity contribution is 0.249. The fourth-order valence-corrected chi connectivity index (χ4v) is 2.29. The van der Waals surface area contributed by atoms with Crippen LogP contribution in [0.4, 0.5) is 17.8 Å². The topological polar surface area (TPSA) is 74.4 Å². The maximum absolute atomic E-state index is 5.76. The molecule has 0 saturated carbocycles. The van der Waals surface area contributed by atoms with Crippen LogP contribution in [-0.4, -0.2) is 67.2 Å². The zero-order valence-electron chi connectivity index (χ0n) is 12.2. The van der Waals surface area contributed by atoms with E-state index in [9.17, 15) is 0 Å². The van der Waals surface area contributed by atoms with E-state index in [0.29, 0.717) is 17.9 Å². The number of hydrogen-bond acceptors (Lipinski definition) is 7. The molecule has 0 atom stereocenters. The van der Waals surface area contributed by atoms with Crippen LogP contribution in [0.25, 0.3) is 0 Å². The van der Waals surface area contributed by atoms with E-state index in [-0.39, 0.29) is 5.95 Å². The van der Waals surface area contributed by atoms with Crippen molar-refractivity contribution in [1.29, 1.82) is 0 Å². The number of nitrogen functional groups attached to an aromatic ring is 1. The van der Waals surface area contributed by atoms with Crippen LogP contribution < -0.4 is 15.5 Å². The molecule has 7 nitrogen and oxygen atoms in total. The van der Waals surface area contributed by atoms with Crippen LogP contribution in [0.1, 0.15) is 12.8 Å². The second-order valence-electron chi connectivity index (χ2n) is 5.37. The highest BCUT2D eigenvalue weighted by Gasteiger charge is 2.23. The van der Waals surface area contributed by atoms with Gasteiger partial charge in [-0.05, 0) is 26.9 Å². The Bertz CT molecular complexity index is 424. The Morgan fingerprint density at radius 1 is 1.05 bits per heavy atom. The van der Waals surface area contributed by atoms with Crippen LogP contribution in [0.15, 0.2) is 0 Å². The lowest BCUT2D eigenvalue weighted by Gasteiger charge is -2.35. The third-order valence-electron chi connectivity index (χ3n) is 3.51. The number of hydrogen-bond donors (Lipinski definition) is 1. The molecule has 1 fully saturated rings. The van der Waals surface area contributed by atoms with E-state index in [0.717, 1.165) is 25.9 Å². The van der Waals surface area contributed by atoms with Crippen LogP contribution in [0, 0.1) is 0 Å². The quantitative estimate of drug-likeness (QED) is 0.827. The largest absolute Gasteiger partial charge is 0.368 e. The molecular weight excluding hydrogens is 242 g/mol. The second-order valence-corrected chi connectivity index (χ2v) is 5.37. The van der Waals surface area contributed by atoms with Crippen LogP contribution in [0.2, 0.25) is 0 Å². The van der Waals surface area contributed by atoms with E-state index < -0.39 is 0 Å². The molecule has 0 radical (unpaired) electrons. The third-order valence-corrected chi connectivity index (χ3v) is 3.51. The Kier molecular flexibility index (Phi) is 4.04. The van der Waals surface area contributed by atoms with E-state index in [1.807, 2.05) is 19.0 Å². The highest BCUT2D eigenvalue weighted by atomic mass is 15.3. The minimum atomic E-state index is 0.281. The summed E-state index contributed by atoms with van der Waals surface area (Å²) in [6.45, 7) is 1.92. The number of rotatable bonds is 3. The summed E-state index contributed by atoms with van der Waals surface area (Å²) < 4.78 is 0. The molecule has 2 heterocycles. The molecular formula is C12H23N7. The molecule has 1 aliphatic rings. The van der Waals surface area contributed by atoms with E-state index >= 15 is 0 Å². The summed E-state index contributed by atoms with van der Waals surface area (Å²) in [4.78, 5) is 19.1. The molecule has 1 saturated heterocycles. The van der Waals surface area contributed by atoms with Gasteiger partial charge in [0.1, 0.15) is 0 Å². The molecule has 1 aliphatic heterocycles. The van der Waals surface area contributed by atoms with Crippen molar-refractivity contribution in [3.63, 3.8) is 0 Å². The smallest absolute Gasteiger partial charge is 0.231 e. The van der Waals surface area contributed by atoms with Gasteiger partial charge in [0.25, 0.3) is 0 Å². The Morgan fingerprint density at radius 2 is 1.68 bits per heavy atom. The fraction of sp³-hybridized carbons (Fsp3) is 0.750. The van der Waals surface area contributed by atoms with Crippen molar-refractivity contribution >= 4 is 17.8 Å². The molecule has 0 aliphatic carbocycles. The highest BCUT2D eigenvalue weighted by molar-refractivity contribution is 5.42. The summed E-state index contributed by atoms with van der Waals surface area (Å²) in [5, 5.41) is 0. The maximum atomic E-state index is 5.76. The Labute approximate surface area is 114 Å². The summed E-state index contributed by atoms with van der Waals surface area (Å²) in [6, 6.07) is 0.642. The van der Waals surface area contributed by atoms with Crippen molar-refractivity contribution in [3.05, 3.63) is 0 Å². The van der Waals surface area contributed by atoms with Crippen LogP contribution in [0.3, 0.4) is 0 Å². The van der Waals surface area contributed by atoms with Crippen molar-refractivity contribution in [3.8, 4) is 0 Å². The van der Waals surface area contributed by atoms with Gasteiger partial charge in [-0.2, -0.15) is 15.0 Å². The average molecular weight is 265 g/mol. The van der Waals surface area contributed by atoms with Crippen LogP contribution in [-0.2, 0) is 0 Å². The molecule has 1 aromatic rings. The summed E-state index contributed by atoms with van der Waals surface area (Å²) in [5.74, 6) is 1.58. The first-order valence-electron chi connectivity index (χ1n) is 6.57. The van der Waals surface area contributed by atoms with Gasteiger partial charge >= 0.3 is 0 Å². The standard InChI is InChI=1S/C12H23N7/c1-17(2)9-5-7-19(8-6-9)12-15-10(13)14-11(16-12)18(3)4/h9H,5-8H2,1-4H3,(H2,13,14,15,16). The minimum Gasteiger partial charge on any atom is -0.368 e. The molecule has 0 bridgehead atoms. The maximum Gasteiger partial charge on any atom is 0.231 e. The van der Waals surface area contributed by atoms with Gasteiger partial charge in [-0.25, -0.2) is 0 Å². The van der Waals surface area contributed by atoms with Gasteiger partial charge in [-0.1, -0.05) is 0 Å². The van der Waals surface area contributed by atoms with E-state index in [1.165, 1.54) is 0 Å². The minimum absolute atomic E-state index is 0.281. The molecule has 0 spiro atoms. The number of anilines is 3. The van der Waals surface area contributed by atoms with Gasteiger partial charge in [0.2, 0.25) is 17.8 Å². The van der Waals surface area contributed by atoms with Gasteiger partial charge in [-0.3, -0.25) is 0 Å². The second kappa shape index (κ2) is 5.56. The molecule has 1 aromatic heterocycles.